The van der Waals surface area contributed by atoms with E-state index in [1.54, 1.807) is 0 Å². The Bertz CT molecular complexity index is 175. The fraction of sp³-hybridized carbons (Fsp3) is 1.00. The summed E-state index contributed by atoms with van der Waals surface area (Å²) >= 11 is 0. The van der Waals surface area contributed by atoms with E-state index in [4.69, 9.17) is 4.74 Å². The van der Waals surface area contributed by atoms with Crippen LogP contribution in [-0.2, 0) is 4.74 Å². The minimum atomic E-state index is 0.149. The van der Waals surface area contributed by atoms with Crippen LogP contribution in [-0.4, -0.2) is 17.9 Å². The van der Waals surface area contributed by atoms with Crippen molar-refractivity contribution < 1.29 is 4.74 Å². The van der Waals surface area contributed by atoms with Gasteiger partial charge in [-0.2, -0.15) is 0 Å². The first-order valence-corrected chi connectivity index (χ1v) is 11.1. The Balaban J connectivity index is 2.06. The van der Waals surface area contributed by atoms with Gasteiger partial charge in [-0.05, 0) is 18.8 Å². The maximum Gasteiger partial charge on any atom is 0.0657 e. The lowest BCUT2D eigenvalue weighted by atomic mass is 9.90. The summed E-state index contributed by atoms with van der Waals surface area (Å²) in [6.07, 6.45) is 3.85. The Labute approximate surface area is 81.8 Å². The van der Waals surface area contributed by atoms with Crippen LogP contribution in [0, 0.1) is 5.92 Å². The van der Waals surface area contributed by atoms with Crippen LogP contribution in [0.2, 0.25) is 0 Å². The molecule has 2 saturated heterocycles. The molecule has 2 fully saturated rings. The molecular weight excluding hydrogens is 224 g/mol. The zero-order chi connectivity index (χ0) is 8.72. The van der Waals surface area contributed by atoms with Gasteiger partial charge in [0.05, 0.1) is 12.2 Å². The largest absolute Gasteiger partial charge is 0.374 e. The zero-order valence-corrected chi connectivity index (χ0v) is 11.4. The molecule has 5 heteroatoms. The molecular formula is C7H16OP4. The molecule has 1 nitrogen and oxygen atoms in total. The molecule has 0 aromatic carbocycles. The summed E-state index contributed by atoms with van der Waals surface area (Å²) in [4.78, 5) is 0. The average Bonchev–Trinajstić information content (AvgIpc) is 2.63. The Hall–Kier alpha value is 1.68. The van der Waals surface area contributed by atoms with Crippen LogP contribution in [0.1, 0.15) is 19.8 Å². The van der Waals surface area contributed by atoms with Crippen molar-refractivity contribution in [2.45, 2.75) is 37.6 Å². The molecule has 0 saturated carbocycles. The third-order valence-corrected chi connectivity index (χ3v) is 14.3. The molecule has 12 heavy (non-hydrogen) atoms. The first-order valence-electron chi connectivity index (χ1n) is 4.39. The fourth-order valence-corrected chi connectivity index (χ4v) is 8.51. The summed E-state index contributed by atoms with van der Waals surface area (Å²) in [5.74, 6) is 0.820. The highest BCUT2D eigenvalue weighted by Gasteiger charge is 2.48. The maximum absolute atomic E-state index is 5.92. The van der Waals surface area contributed by atoms with E-state index in [1.807, 2.05) is 0 Å². The van der Waals surface area contributed by atoms with E-state index < -0.39 is 0 Å². The number of fused-ring (bicyclic) bond motifs is 2. The summed E-state index contributed by atoms with van der Waals surface area (Å²) in [6, 6.07) is 0. The summed E-state index contributed by atoms with van der Waals surface area (Å²) in [5, 5.41) is 0. The minimum absolute atomic E-state index is 0.149. The van der Waals surface area contributed by atoms with Crippen LogP contribution >= 0.6 is 33.1 Å². The van der Waals surface area contributed by atoms with Crippen molar-refractivity contribution in [3.63, 3.8) is 0 Å². The molecule has 0 N–H and O–H groups in total. The van der Waals surface area contributed by atoms with Crippen LogP contribution < -0.4 is 0 Å². The number of hydrogen-bond acceptors (Lipinski definition) is 1. The molecule has 2 aliphatic rings. The van der Waals surface area contributed by atoms with Crippen molar-refractivity contribution in [2.24, 2.45) is 5.92 Å². The summed E-state index contributed by atoms with van der Waals surface area (Å²) in [6.45, 7) is 2.37. The fourth-order valence-electron chi connectivity index (χ4n) is 2.40. The van der Waals surface area contributed by atoms with Crippen LogP contribution in [0.15, 0.2) is 0 Å². The lowest BCUT2D eigenvalue weighted by Crippen LogP contribution is -2.26. The zero-order valence-electron chi connectivity index (χ0n) is 7.23. The molecule has 8 atom stereocenters. The molecule has 2 aliphatic heterocycles. The molecule has 0 amide bonds. The van der Waals surface area contributed by atoms with Crippen molar-refractivity contribution in [1.29, 1.82) is 0 Å². The van der Waals surface area contributed by atoms with Crippen molar-refractivity contribution in [3.05, 3.63) is 0 Å². The second-order valence-corrected chi connectivity index (χ2v) is 13.2. The van der Waals surface area contributed by atoms with Gasteiger partial charge >= 0.3 is 0 Å². The molecule has 70 valence electrons. The van der Waals surface area contributed by atoms with Gasteiger partial charge in [-0.1, -0.05) is 22.2 Å². The number of hydrogen-bond donors (Lipinski definition) is 0. The standard InChI is InChI=1S/C7H16OP4/c1-4-5-2-3-6(8-5)7(4)12(10)11-9/h4-7,11H,2-3,9-10H2,1H3. The predicted octanol–water partition coefficient (Wildman–Crippen LogP) is 3.21. The van der Waals surface area contributed by atoms with E-state index in [1.165, 1.54) is 12.8 Å². The highest BCUT2D eigenvalue weighted by molar-refractivity contribution is 8.61. The van der Waals surface area contributed by atoms with E-state index in [9.17, 15) is 0 Å². The normalized spacial score (nSPS) is 49.2. The van der Waals surface area contributed by atoms with Crippen LogP contribution in [0.25, 0.3) is 0 Å². The highest BCUT2D eigenvalue weighted by atomic mass is 32.6. The van der Waals surface area contributed by atoms with Crippen molar-refractivity contribution in [1.82, 2.24) is 0 Å². The third kappa shape index (κ3) is 1.62. The average molecular weight is 240 g/mol. The van der Waals surface area contributed by atoms with Gasteiger partial charge in [0, 0.05) is 5.66 Å². The summed E-state index contributed by atoms with van der Waals surface area (Å²) < 4.78 is 5.92. The smallest absolute Gasteiger partial charge is 0.0657 e. The van der Waals surface area contributed by atoms with Gasteiger partial charge in [0.15, 0.2) is 0 Å². The van der Waals surface area contributed by atoms with Crippen LogP contribution in [0.5, 0.6) is 0 Å². The molecule has 2 heterocycles. The Kier molecular flexibility index (Phi) is 3.44. The number of ether oxygens (including phenoxy) is 1. The van der Waals surface area contributed by atoms with Gasteiger partial charge in [0.2, 0.25) is 0 Å². The van der Waals surface area contributed by atoms with Gasteiger partial charge in [-0.25, -0.2) is 0 Å². The molecule has 2 rings (SSSR count). The van der Waals surface area contributed by atoms with E-state index in [-0.39, 0.29) is 7.30 Å². The molecule has 0 aliphatic carbocycles. The number of rotatable bonds is 2. The second-order valence-electron chi connectivity index (χ2n) is 3.68. The van der Waals surface area contributed by atoms with Crippen LogP contribution in [0.3, 0.4) is 0 Å². The first kappa shape index (κ1) is 10.2. The summed E-state index contributed by atoms with van der Waals surface area (Å²) in [7, 11) is 7.12. The maximum atomic E-state index is 5.92. The quantitative estimate of drug-likeness (QED) is 0.673. The first-order chi connectivity index (χ1) is 5.74. The second kappa shape index (κ2) is 4.04. The van der Waals surface area contributed by atoms with E-state index >= 15 is 0 Å². The molecule has 0 aromatic rings. The predicted molar refractivity (Wildman–Crippen MR) is 65.5 cm³/mol. The van der Waals surface area contributed by atoms with Crippen molar-refractivity contribution >= 4 is 33.1 Å². The lowest BCUT2D eigenvalue weighted by Gasteiger charge is -2.29. The Morgan fingerprint density at radius 2 is 2.08 bits per heavy atom. The topological polar surface area (TPSA) is 9.23 Å². The monoisotopic (exact) mass is 240 g/mol. The SMILES string of the molecule is CC1C2CCC(O2)C1P(P)PP. The highest BCUT2D eigenvalue weighted by Crippen LogP contribution is 2.73. The van der Waals surface area contributed by atoms with E-state index in [0.717, 1.165) is 19.5 Å². The van der Waals surface area contributed by atoms with Gasteiger partial charge in [0.1, 0.15) is 0 Å². The van der Waals surface area contributed by atoms with Crippen molar-refractivity contribution in [2.75, 3.05) is 0 Å². The lowest BCUT2D eigenvalue weighted by molar-refractivity contribution is 0.0953. The van der Waals surface area contributed by atoms with Gasteiger partial charge in [-0.3, -0.25) is 0 Å². The van der Waals surface area contributed by atoms with Gasteiger partial charge in [-0.15, -0.1) is 17.9 Å². The van der Waals surface area contributed by atoms with Crippen molar-refractivity contribution in [3.8, 4) is 0 Å². The van der Waals surface area contributed by atoms with Gasteiger partial charge in [0.25, 0.3) is 0 Å². The van der Waals surface area contributed by atoms with Crippen LogP contribution in [0.4, 0.5) is 0 Å². The third-order valence-electron chi connectivity index (χ3n) is 3.06. The van der Waals surface area contributed by atoms with E-state index in [0.29, 0.717) is 12.2 Å². The molecule has 2 bridgehead atoms. The molecule has 0 spiro atoms. The summed E-state index contributed by atoms with van der Waals surface area (Å²) in [5.41, 5.74) is 0.875. The molecule has 0 radical (unpaired) electrons. The molecule has 0 aromatic heterocycles. The van der Waals surface area contributed by atoms with E-state index in [2.05, 4.69) is 24.8 Å². The Morgan fingerprint density at radius 3 is 2.58 bits per heavy atom. The molecule has 8 unspecified atom stereocenters. The van der Waals surface area contributed by atoms with Gasteiger partial charge < -0.3 is 4.74 Å². The Morgan fingerprint density at radius 1 is 1.42 bits per heavy atom. The minimum Gasteiger partial charge on any atom is -0.374 e.